The molecule has 0 bridgehead atoms. The maximum Gasteiger partial charge on any atom is 0.361 e. The van der Waals surface area contributed by atoms with Crippen molar-refractivity contribution in [1.29, 1.82) is 0 Å². The number of ether oxygens (including phenoxy) is 1. The van der Waals surface area contributed by atoms with Crippen molar-refractivity contribution in [3.05, 3.63) is 28.4 Å². The number of carbonyl (C=O) groups is 1. The van der Waals surface area contributed by atoms with Gasteiger partial charge in [0.2, 0.25) is 0 Å². The van der Waals surface area contributed by atoms with E-state index in [1.165, 1.54) is 23.7 Å². The third kappa shape index (κ3) is 2.54. The van der Waals surface area contributed by atoms with Crippen molar-refractivity contribution < 1.29 is 42.2 Å². The van der Waals surface area contributed by atoms with Crippen LogP contribution in [0.3, 0.4) is 0 Å². The molecule has 1 aliphatic carbocycles. The predicted octanol–water partition coefficient (Wildman–Crippen LogP) is -0.266. The summed E-state index contributed by atoms with van der Waals surface area (Å²) in [5.74, 6) is 0.740. The molecule has 1 fully saturated rings. The summed E-state index contributed by atoms with van der Waals surface area (Å²) in [6.45, 7) is 2.02. The fourth-order valence-electron chi connectivity index (χ4n) is 2.03. The first-order valence-corrected chi connectivity index (χ1v) is 5.85. The van der Waals surface area contributed by atoms with Gasteiger partial charge in [-0.3, -0.25) is 0 Å². The first-order valence-electron chi connectivity index (χ1n) is 5.85. The van der Waals surface area contributed by atoms with Crippen LogP contribution in [0.4, 0.5) is 0 Å². The van der Waals surface area contributed by atoms with Crippen LogP contribution in [0.2, 0.25) is 0 Å². The van der Waals surface area contributed by atoms with E-state index in [0.717, 1.165) is 17.5 Å². The first kappa shape index (κ1) is 15.2. The average Bonchev–Trinajstić information content (AvgIpc) is 2.76. The zero-order valence-corrected chi connectivity index (χ0v) is 13.9. The van der Waals surface area contributed by atoms with E-state index in [9.17, 15) is 9.59 Å². The molecule has 20 heavy (non-hydrogen) atoms. The molecule has 2 heterocycles. The number of rotatable bonds is 2. The molecule has 1 aliphatic rings. The second-order valence-electron chi connectivity index (χ2n) is 4.68. The normalized spacial score (nSPS) is 15.7. The molecule has 2 aromatic rings. The van der Waals surface area contributed by atoms with Gasteiger partial charge in [-0.05, 0) is 0 Å². The minimum atomic E-state index is -0.567. The van der Waals surface area contributed by atoms with E-state index in [2.05, 4.69) is 15.3 Å². The first-order chi connectivity index (χ1) is 9.06. The largest absolute Gasteiger partial charge is 0.463 e. The molecule has 1 saturated carbocycles. The zero-order valence-electron chi connectivity index (χ0n) is 11.1. The van der Waals surface area contributed by atoms with Gasteiger partial charge in [0.05, 0.1) is 0 Å². The van der Waals surface area contributed by atoms with Gasteiger partial charge in [-0.15, -0.1) is 17.9 Å². The van der Waals surface area contributed by atoms with Crippen molar-refractivity contribution in [3.63, 3.8) is 0 Å². The van der Waals surface area contributed by atoms with Gasteiger partial charge in [0.1, 0.15) is 6.33 Å². The molecule has 103 valence electrons. The van der Waals surface area contributed by atoms with E-state index < -0.39 is 11.7 Å². The van der Waals surface area contributed by atoms with Crippen molar-refractivity contribution in [2.75, 3.05) is 0 Å². The van der Waals surface area contributed by atoms with Crippen LogP contribution in [0.25, 0.3) is 5.65 Å². The molecule has 3 rings (SSSR count). The Balaban J connectivity index is 0.00000147. The van der Waals surface area contributed by atoms with Crippen LogP contribution >= 0.6 is 0 Å². The van der Waals surface area contributed by atoms with Gasteiger partial charge < -0.3 is 10.7 Å². The SMILES string of the molecule is C[C-]1CC(OC(=O)c2ncn3c(=O)n(C)nnc23)C1.[Y]. The number of hydrogen-bond donors (Lipinski definition) is 0. The molecule has 0 aromatic carbocycles. The standard InChI is InChI=1S/C11H12N5O3.Y/c1-6-3-7(4-6)19-10(17)8-9-13-14-15(2)11(18)16(9)5-12-8;/h5,7H,3-4H2,1-2H3;/q-1;. The summed E-state index contributed by atoms with van der Waals surface area (Å²) in [4.78, 5) is 27.6. The summed E-state index contributed by atoms with van der Waals surface area (Å²) >= 11 is 0. The Labute approximate surface area is 139 Å². The summed E-state index contributed by atoms with van der Waals surface area (Å²) in [5, 5.41) is 7.42. The van der Waals surface area contributed by atoms with Gasteiger partial charge in [-0.2, -0.15) is 11.6 Å². The summed E-state index contributed by atoms with van der Waals surface area (Å²) in [6.07, 6.45) is 2.72. The third-order valence-electron chi connectivity index (χ3n) is 3.12. The Morgan fingerprint density at radius 3 is 2.85 bits per heavy atom. The monoisotopic (exact) mass is 351 g/mol. The maximum absolute atomic E-state index is 11.9. The van der Waals surface area contributed by atoms with Gasteiger partial charge in [0.15, 0.2) is 11.3 Å². The van der Waals surface area contributed by atoms with Crippen LogP contribution in [0.1, 0.15) is 30.3 Å². The van der Waals surface area contributed by atoms with E-state index in [0.29, 0.717) is 0 Å². The molecule has 0 amide bonds. The molecule has 0 saturated heterocycles. The molecule has 2 aromatic heterocycles. The van der Waals surface area contributed by atoms with Crippen molar-refractivity contribution in [3.8, 4) is 0 Å². The van der Waals surface area contributed by atoms with Gasteiger partial charge in [0, 0.05) is 45.9 Å². The van der Waals surface area contributed by atoms with E-state index >= 15 is 0 Å². The number of carbonyl (C=O) groups excluding carboxylic acids is 1. The molecular weight excluding hydrogens is 339 g/mol. The number of imidazole rings is 1. The predicted molar refractivity (Wildman–Crippen MR) is 63.4 cm³/mol. The molecule has 1 radical (unpaired) electrons. The van der Waals surface area contributed by atoms with Crippen molar-refractivity contribution in [1.82, 2.24) is 24.4 Å². The molecule has 0 spiro atoms. The van der Waals surface area contributed by atoms with Crippen molar-refractivity contribution in [2.45, 2.75) is 25.9 Å². The van der Waals surface area contributed by atoms with E-state index in [1.807, 2.05) is 6.92 Å². The van der Waals surface area contributed by atoms with Gasteiger partial charge in [-0.1, -0.05) is 5.21 Å². The average molecular weight is 351 g/mol. The number of aryl methyl sites for hydroxylation is 1. The Kier molecular flexibility index (Phi) is 4.34. The van der Waals surface area contributed by atoms with Gasteiger partial charge in [-0.25, -0.2) is 19.0 Å². The quantitative estimate of drug-likeness (QED) is 0.547. The van der Waals surface area contributed by atoms with Gasteiger partial charge in [0.25, 0.3) is 0 Å². The molecular formula is C11H12N5O3Y-. The van der Waals surface area contributed by atoms with E-state index in [4.69, 9.17) is 4.74 Å². The summed E-state index contributed by atoms with van der Waals surface area (Å²) in [5.41, 5.74) is -0.271. The fourth-order valence-corrected chi connectivity index (χ4v) is 2.03. The number of esters is 1. The molecule has 0 atom stereocenters. The van der Waals surface area contributed by atoms with Crippen molar-refractivity contribution >= 4 is 11.6 Å². The number of hydrogen-bond acceptors (Lipinski definition) is 6. The molecule has 0 unspecified atom stereocenters. The summed E-state index contributed by atoms with van der Waals surface area (Å²) in [6, 6.07) is 0. The van der Waals surface area contributed by atoms with Crippen LogP contribution in [0, 0.1) is 5.92 Å². The Morgan fingerprint density at radius 2 is 2.20 bits per heavy atom. The molecule has 0 N–H and O–H groups in total. The Morgan fingerprint density at radius 1 is 1.50 bits per heavy atom. The number of aromatic nitrogens is 5. The van der Waals surface area contributed by atoms with Crippen molar-refractivity contribution in [2.24, 2.45) is 7.05 Å². The van der Waals surface area contributed by atoms with Crippen LogP contribution in [-0.2, 0) is 44.5 Å². The van der Waals surface area contributed by atoms with Crippen LogP contribution in [0.5, 0.6) is 0 Å². The number of fused-ring (bicyclic) bond motifs is 1. The molecule has 9 heteroatoms. The van der Waals surface area contributed by atoms with E-state index in [-0.39, 0.29) is 50.2 Å². The van der Waals surface area contributed by atoms with E-state index in [1.54, 1.807) is 0 Å². The Hall–Kier alpha value is -1.15. The topological polar surface area (TPSA) is 91.4 Å². The third-order valence-corrected chi connectivity index (χ3v) is 3.12. The van der Waals surface area contributed by atoms with Gasteiger partial charge >= 0.3 is 11.7 Å². The summed E-state index contributed by atoms with van der Waals surface area (Å²) in [7, 11) is 1.47. The zero-order chi connectivity index (χ0) is 13.6. The minimum absolute atomic E-state index is 0. The molecule has 0 aliphatic heterocycles. The minimum Gasteiger partial charge on any atom is -0.463 e. The fraction of sp³-hybridized carbons (Fsp3) is 0.455. The van der Waals surface area contributed by atoms with Crippen LogP contribution in [-0.4, -0.2) is 36.5 Å². The Bertz CT molecular complexity index is 704. The second kappa shape index (κ2) is 5.69. The van der Waals surface area contributed by atoms with Crippen LogP contribution in [0.15, 0.2) is 11.1 Å². The second-order valence-corrected chi connectivity index (χ2v) is 4.68. The number of nitrogens with zero attached hydrogens (tertiary/aromatic N) is 5. The maximum atomic E-state index is 11.9. The smallest absolute Gasteiger partial charge is 0.361 e. The van der Waals surface area contributed by atoms with Crippen LogP contribution < -0.4 is 5.69 Å². The summed E-state index contributed by atoms with van der Waals surface area (Å²) < 4.78 is 7.50. The molecule has 8 nitrogen and oxygen atoms in total.